The maximum absolute atomic E-state index is 6.62. The summed E-state index contributed by atoms with van der Waals surface area (Å²) in [4.78, 5) is 0. The molecule has 0 spiro atoms. The molecule has 2 N–H and O–H groups in total. The van der Waals surface area contributed by atoms with Crippen molar-refractivity contribution in [3.05, 3.63) is 71.3 Å². The zero-order valence-electron chi connectivity index (χ0n) is 11.3. The van der Waals surface area contributed by atoms with Crippen LogP contribution in [0.2, 0.25) is 0 Å². The molecule has 2 aromatic carbocycles. The Balaban J connectivity index is 1.69. The van der Waals surface area contributed by atoms with Crippen LogP contribution < -0.4 is 5.73 Å². The van der Waals surface area contributed by atoms with Crippen molar-refractivity contribution in [3.8, 4) is 0 Å². The summed E-state index contributed by atoms with van der Waals surface area (Å²) in [6.07, 6.45) is 5.42. The molecule has 0 saturated carbocycles. The Labute approximate surface area is 115 Å². The Kier molecular flexibility index (Phi) is 3.39. The molecule has 1 nitrogen and oxygen atoms in total. The van der Waals surface area contributed by atoms with Crippen LogP contribution in [0.1, 0.15) is 29.5 Å². The van der Waals surface area contributed by atoms with Crippen LogP contribution in [0.15, 0.2) is 54.6 Å². The second kappa shape index (κ2) is 5.18. The van der Waals surface area contributed by atoms with Crippen LogP contribution in [0.25, 0.3) is 0 Å². The van der Waals surface area contributed by atoms with E-state index in [0.29, 0.717) is 0 Å². The summed E-state index contributed by atoms with van der Waals surface area (Å²) in [5.74, 6) is 0. The second-order valence-corrected chi connectivity index (χ2v) is 5.79. The first-order chi connectivity index (χ1) is 9.25. The fourth-order valence-corrected chi connectivity index (χ4v) is 3.08. The number of fused-ring (bicyclic) bond motifs is 1. The quantitative estimate of drug-likeness (QED) is 0.887. The van der Waals surface area contributed by atoms with E-state index >= 15 is 0 Å². The van der Waals surface area contributed by atoms with Gasteiger partial charge in [0.25, 0.3) is 0 Å². The van der Waals surface area contributed by atoms with Crippen LogP contribution in [0.3, 0.4) is 0 Å². The lowest BCUT2D eigenvalue weighted by atomic mass is 9.76. The second-order valence-electron chi connectivity index (χ2n) is 5.79. The first kappa shape index (κ1) is 12.4. The number of hydrogen-bond acceptors (Lipinski definition) is 1. The minimum Gasteiger partial charge on any atom is -0.325 e. The van der Waals surface area contributed by atoms with Gasteiger partial charge >= 0.3 is 0 Å². The highest BCUT2D eigenvalue weighted by molar-refractivity contribution is 5.32. The average Bonchev–Trinajstić information content (AvgIpc) is 2.46. The maximum atomic E-state index is 6.62. The van der Waals surface area contributed by atoms with E-state index in [2.05, 4.69) is 54.6 Å². The van der Waals surface area contributed by atoms with Crippen molar-refractivity contribution >= 4 is 0 Å². The molecule has 0 fully saturated rings. The molecule has 0 heterocycles. The van der Waals surface area contributed by atoms with E-state index in [0.717, 1.165) is 32.1 Å². The van der Waals surface area contributed by atoms with Crippen LogP contribution in [0.4, 0.5) is 0 Å². The van der Waals surface area contributed by atoms with Crippen LogP contribution in [0.5, 0.6) is 0 Å². The van der Waals surface area contributed by atoms with Crippen LogP contribution >= 0.6 is 0 Å². The van der Waals surface area contributed by atoms with Gasteiger partial charge in [-0.1, -0.05) is 54.6 Å². The average molecular weight is 251 g/mol. The lowest BCUT2D eigenvalue weighted by Crippen LogP contribution is -2.45. The highest BCUT2D eigenvalue weighted by atomic mass is 14.7. The first-order valence-corrected chi connectivity index (χ1v) is 7.15. The Hall–Kier alpha value is -1.60. The molecule has 1 aliphatic carbocycles. The zero-order chi connectivity index (χ0) is 13.1. The van der Waals surface area contributed by atoms with Gasteiger partial charge in [0.2, 0.25) is 0 Å². The normalized spacial score (nSPS) is 21.9. The number of nitrogens with two attached hydrogens (primary N) is 1. The lowest BCUT2D eigenvalue weighted by molar-refractivity contribution is 0.346. The van der Waals surface area contributed by atoms with E-state index in [1.165, 1.54) is 16.7 Å². The molecule has 1 atom stereocenters. The fourth-order valence-electron chi connectivity index (χ4n) is 3.08. The molecule has 98 valence electrons. The Bertz CT molecular complexity index is 547. The minimum atomic E-state index is -0.0236. The topological polar surface area (TPSA) is 26.0 Å². The largest absolute Gasteiger partial charge is 0.325 e. The van der Waals surface area contributed by atoms with Gasteiger partial charge < -0.3 is 5.73 Å². The van der Waals surface area contributed by atoms with Crippen LogP contribution in [-0.2, 0) is 19.3 Å². The van der Waals surface area contributed by atoms with Crippen molar-refractivity contribution < 1.29 is 0 Å². The fraction of sp³-hybridized carbons (Fsp3) is 0.333. The SMILES string of the molecule is NC1(CCc2ccccc2)CCc2ccccc2C1. The van der Waals surface area contributed by atoms with Crippen LogP contribution in [0, 0.1) is 0 Å². The third-order valence-electron chi connectivity index (χ3n) is 4.31. The molecule has 0 saturated heterocycles. The summed E-state index contributed by atoms with van der Waals surface area (Å²) in [5.41, 5.74) is 10.9. The summed E-state index contributed by atoms with van der Waals surface area (Å²) in [5, 5.41) is 0. The smallest absolute Gasteiger partial charge is 0.0201 e. The molecule has 19 heavy (non-hydrogen) atoms. The molecule has 1 aliphatic rings. The van der Waals surface area contributed by atoms with Crippen molar-refractivity contribution in [2.24, 2.45) is 5.73 Å². The molecule has 0 aliphatic heterocycles. The summed E-state index contributed by atoms with van der Waals surface area (Å²) >= 11 is 0. The number of rotatable bonds is 3. The standard InChI is InChI=1S/C18H21N/c19-18(12-10-15-6-2-1-3-7-15)13-11-16-8-4-5-9-17(16)14-18/h1-9H,10-14,19H2. The number of hydrogen-bond donors (Lipinski definition) is 1. The van der Waals surface area contributed by atoms with E-state index in [9.17, 15) is 0 Å². The van der Waals surface area contributed by atoms with E-state index in [1.54, 1.807) is 0 Å². The molecule has 2 aromatic rings. The summed E-state index contributed by atoms with van der Waals surface area (Å²) in [6.45, 7) is 0. The van der Waals surface area contributed by atoms with E-state index in [1.807, 2.05) is 0 Å². The number of aryl methyl sites for hydroxylation is 2. The predicted octanol–water partition coefficient (Wildman–Crippen LogP) is 3.51. The molecule has 0 radical (unpaired) electrons. The van der Waals surface area contributed by atoms with Crippen molar-refractivity contribution in [2.45, 2.75) is 37.6 Å². The molecule has 0 amide bonds. The van der Waals surface area contributed by atoms with Gasteiger partial charge in [-0.05, 0) is 48.8 Å². The monoisotopic (exact) mass is 251 g/mol. The Morgan fingerprint density at radius 3 is 2.37 bits per heavy atom. The molecule has 0 aromatic heterocycles. The summed E-state index contributed by atoms with van der Waals surface area (Å²) in [7, 11) is 0. The molecular formula is C18H21N. The zero-order valence-corrected chi connectivity index (χ0v) is 11.3. The lowest BCUT2D eigenvalue weighted by Gasteiger charge is -2.35. The van der Waals surface area contributed by atoms with Crippen molar-refractivity contribution in [1.29, 1.82) is 0 Å². The van der Waals surface area contributed by atoms with Crippen LogP contribution in [-0.4, -0.2) is 5.54 Å². The van der Waals surface area contributed by atoms with Gasteiger partial charge in [0.1, 0.15) is 0 Å². The van der Waals surface area contributed by atoms with Crippen molar-refractivity contribution in [1.82, 2.24) is 0 Å². The number of benzene rings is 2. The van der Waals surface area contributed by atoms with Gasteiger partial charge in [-0.25, -0.2) is 0 Å². The molecule has 0 bridgehead atoms. The first-order valence-electron chi connectivity index (χ1n) is 7.15. The van der Waals surface area contributed by atoms with Gasteiger partial charge in [-0.2, -0.15) is 0 Å². The highest BCUT2D eigenvalue weighted by Crippen LogP contribution is 2.30. The van der Waals surface area contributed by atoms with E-state index in [-0.39, 0.29) is 5.54 Å². The van der Waals surface area contributed by atoms with Crippen molar-refractivity contribution in [3.63, 3.8) is 0 Å². The molecule has 1 heteroatoms. The molecule has 3 rings (SSSR count). The van der Waals surface area contributed by atoms with Gasteiger partial charge in [0.05, 0.1) is 0 Å². The van der Waals surface area contributed by atoms with E-state index in [4.69, 9.17) is 5.73 Å². The van der Waals surface area contributed by atoms with E-state index < -0.39 is 0 Å². The summed E-state index contributed by atoms with van der Waals surface area (Å²) < 4.78 is 0. The predicted molar refractivity (Wildman–Crippen MR) is 80.1 cm³/mol. The van der Waals surface area contributed by atoms with Gasteiger partial charge in [0, 0.05) is 5.54 Å². The minimum absolute atomic E-state index is 0.0236. The molecular weight excluding hydrogens is 230 g/mol. The highest BCUT2D eigenvalue weighted by Gasteiger charge is 2.29. The summed E-state index contributed by atoms with van der Waals surface area (Å²) in [6, 6.07) is 19.4. The third kappa shape index (κ3) is 2.87. The van der Waals surface area contributed by atoms with Gasteiger partial charge in [-0.3, -0.25) is 0 Å². The van der Waals surface area contributed by atoms with Crippen molar-refractivity contribution in [2.75, 3.05) is 0 Å². The maximum Gasteiger partial charge on any atom is 0.0201 e. The third-order valence-corrected chi connectivity index (χ3v) is 4.31. The Morgan fingerprint density at radius 1 is 0.895 bits per heavy atom. The Morgan fingerprint density at radius 2 is 1.58 bits per heavy atom. The van der Waals surface area contributed by atoms with Gasteiger partial charge in [0.15, 0.2) is 0 Å². The van der Waals surface area contributed by atoms with Gasteiger partial charge in [-0.15, -0.1) is 0 Å². The molecule has 1 unspecified atom stereocenters.